The van der Waals surface area contributed by atoms with Gasteiger partial charge in [0.05, 0.1) is 12.3 Å². The van der Waals surface area contributed by atoms with Crippen LogP contribution in [0.1, 0.15) is 21.0 Å². The van der Waals surface area contributed by atoms with Gasteiger partial charge in [0.15, 0.2) is 0 Å². The first-order chi connectivity index (χ1) is 11.6. The quantitative estimate of drug-likeness (QED) is 0.704. The molecule has 0 aliphatic rings. The number of sulfonamides is 1. The van der Waals surface area contributed by atoms with Crippen molar-refractivity contribution in [3.8, 4) is 0 Å². The van der Waals surface area contributed by atoms with Gasteiger partial charge in [-0.2, -0.15) is 0 Å². The van der Waals surface area contributed by atoms with E-state index in [4.69, 9.17) is 0 Å². The molecule has 0 amide bonds. The number of hydrogen-bond donors (Lipinski definition) is 1. The third kappa shape index (κ3) is 4.99. The van der Waals surface area contributed by atoms with Crippen LogP contribution in [0.15, 0.2) is 66.9 Å². The van der Waals surface area contributed by atoms with Crippen LogP contribution in [-0.4, -0.2) is 13.4 Å². The number of aromatic nitrogens is 1. The minimum atomic E-state index is -3.37. The predicted octanol–water partition coefficient (Wildman–Crippen LogP) is 3.35. The predicted molar refractivity (Wildman–Crippen MR) is 97.3 cm³/mol. The molecule has 0 radical (unpaired) electrons. The Morgan fingerprint density at radius 3 is 2.21 bits per heavy atom. The first-order valence-electron chi connectivity index (χ1n) is 7.59. The van der Waals surface area contributed by atoms with Gasteiger partial charge in [0, 0.05) is 17.5 Å². The molecule has 0 spiro atoms. The minimum absolute atomic E-state index is 0.0178. The van der Waals surface area contributed by atoms with E-state index in [1.807, 2.05) is 42.6 Å². The number of benzene rings is 2. The van der Waals surface area contributed by atoms with Gasteiger partial charge in [0.2, 0.25) is 10.0 Å². The summed E-state index contributed by atoms with van der Waals surface area (Å²) in [6.07, 6.45) is 2.63. The second-order valence-electron chi connectivity index (χ2n) is 5.45. The van der Waals surface area contributed by atoms with Crippen molar-refractivity contribution in [3.63, 3.8) is 0 Å². The van der Waals surface area contributed by atoms with Crippen LogP contribution < -0.4 is 4.72 Å². The summed E-state index contributed by atoms with van der Waals surface area (Å²) in [5.74, 6) is -0.0178. The Morgan fingerprint density at radius 1 is 0.917 bits per heavy atom. The number of nitrogens with one attached hydrogen (secondary N) is 1. The van der Waals surface area contributed by atoms with Crippen molar-refractivity contribution in [3.05, 3.63) is 87.9 Å². The van der Waals surface area contributed by atoms with Gasteiger partial charge in [-0.1, -0.05) is 60.7 Å². The summed E-state index contributed by atoms with van der Waals surface area (Å²) in [4.78, 5) is 5.44. The lowest BCUT2D eigenvalue weighted by atomic mass is 10.1. The average Bonchev–Trinajstić information content (AvgIpc) is 3.02. The summed E-state index contributed by atoms with van der Waals surface area (Å²) in [7, 11) is -3.37. The fourth-order valence-electron chi connectivity index (χ4n) is 2.32. The maximum Gasteiger partial charge on any atom is 0.216 e. The molecule has 24 heavy (non-hydrogen) atoms. The molecule has 4 nitrogen and oxygen atoms in total. The summed E-state index contributed by atoms with van der Waals surface area (Å²) in [6, 6.07) is 19.3. The zero-order valence-corrected chi connectivity index (χ0v) is 14.7. The molecular formula is C18H18N2O2S2. The topological polar surface area (TPSA) is 59.1 Å². The summed E-state index contributed by atoms with van der Waals surface area (Å²) in [5.41, 5.74) is 1.99. The Bertz CT molecular complexity index is 876. The van der Waals surface area contributed by atoms with Crippen LogP contribution in [0.25, 0.3) is 0 Å². The van der Waals surface area contributed by atoms with Gasteiger partial charge >= 0.3 is 0 Å². The van der Waals surface area contributed by atoms with Crippen LogP contribution in [0.3, 0.4) is 0 Å². The van der Waals surface area contributed by atoms with Gasteiger partial charge in [-0.15, -0.1) is 11.3 Å². The number of thiazole rings is 1. The first kappa shape index (κ1) is 16.8. The largest absolute Gasteiger partial charge is 0.248 e. The van der Waals surface area contributed by atoms with Crippen molar-refractivity contribution < 1.29 is 8.42 Å². The van der Waals surface area contributed by atoms with E-state index in [9.17, 15) is 8.42 Å². The lowest BCUT2D eigenvalue weighted by molar-refractivity contribution is 0.580. The Kier molecular flexibility index (Phi) is 5.40. The molecule has 0 saturated carbocycles. The lowest BCUT2D eigenvalue weighted by Crippen LogP contribution is -2.24. The SMILES string of the molecule is O=S(=O)(Cc1ccccc1)NCc1ncc(Cc2ccccc2)s1. The molecular weight excluding hydrogens is 340 g/mol. The van der Waals surface area contributed by atoms with Gasteiger partial charge in [-0.25, -0.2) is 18.1 Å². The van der Waals surface area contributed by atoms with E-state index < -0.39 is 10.0 Å². The van der Waals surface area contributed by atoms with Crippen molar-refractivity contribution in [1.29, 1.82) is 0 Å². The molecule has 0 aliphatic heterocycles. The maximum absolute atomic E-state index is 12.1. The molecule has 6 heteroatoms. The first-order valence-corrected chi connectivity index (χ1v) is 10.1. The third-order valence-corrected chi connectivity index (χ3v) is 5.76. The monoisotopic (exact) mass is 358 g/mol. The van der Waals surface area contributed by atoms with Crippen LogP contribution in [0.4, 0.5) is 0 Å². The molecule has 1 aromatic heterocycles. The fraction of sp³-hybridized carbons (Fsp3) is 0.167. The van der Waals surface area contributed by atoms with Crippen molar-refractivity contribution in [2.45, 2.75) is 18.7 Å². The van der Waals surface area contributed by atoms with Crippen LogP contribution in [0.2, 0.25) is 0 Å². The van der Waals surface area contributed by atoms with E-state index >= 15 is 0 Å². The highest BCUT2D eigenvalue weighted by Gasteiger charge is 2.12. The standard InChI is InChI=1S/C18H18N2O2S2/c21-24(22,14-16-9-5-2-6-10-16)20-13-18-19-12-17(23-18)11-15-7-3-1-4-8-15/h1-10,12,20H,11,13-14H2. The smallest absolute Gasteiger partial charge is 0.216 e. The van der Waals surface area contributed by atoms with Crippen molar-refractivity contribution in [1.82, 2.24) is 9.71 Å². The van der Waals surface area contributed by atoms with E-state index in [0.717, 1.165) is 21.9 Å². The molecule has 3 aromatic rings. The van der Waals surface area contributed by atoms with Crippen molar-refractivity contribution in [2.75, 3.05) is 0 Å². The Labute approximate surface area is 146 Å². The van der Waals surface area contributed by atoms with Gasteiger partial charge in [-0.3, -0.25) is 0 Å². The van der Waals surface area contributed by atoms with Crippen LogP contribution in [-0.2, 0) is 28.7 Å². The molecule has 3 rings (SSSR count). The highest BCUT2D eigenvalue weighted by atomic mass is 32.2. The summed E-state index contributed by atoms with van der Waals surface area (Å²) < 4.78 is 26.9. The highest BCUT2D eigenvalue weighted by Crippen LogP contribution is 2.17. The van der Waals surface area contributed by atoms with Gasteiger partial charge < -0.3 is 0 Å². The number of nitrogens with zero attached hydrogens (tertiary/aromatic N) is 1. The summed E-state index contributed by atoms with van der Waals surface area (Å²) >= 11 is 1.54. The zero-order valence-electron chi connectivity index (χ0n) is 13.1. The molecule has 0 bridgehead atoms. The van der Waals surface area contributed by atoms with E-state index in [1.165, 1.54) is 16.9 Å². The Hall–Kier alpha value is -2.02. The minimum Gasteiger partial charge on any atom is -0.248 e. The van der Waals surface area contributed by atoms with Crippen LogP contribution in [0.5, 0.6) is 0 Å². The van der Waals surface area contributed by atoms with E-state index in [-0.39, 0.29) is 12.3 Å². The summed E-state index contributed by atoms with van der Waals surface area (Å²) in [5, 5.41) is 0.776. The number of rotatable bonds is 7. The van der Waals surface area contributed by atoms with Crippen molar-refractivity contribution >= 4 is 21.4 Å². The van der Waals surface area contributed by atoms with Gasteiger partial charge in [-0.05, 0) is 11.1 Å². The molecule has 124 valence electrons. The molecule has 0 unspecified atom stereocenters. The molecule has 0 saturated heterocycles. The second-order valence-corrected chi connectivity index (χ2v) is 8.46. The summed E-state index contributed by atoms with van der Waals surface area (Å²) in [6.45, 7) is 0.231. The molecule has 0 fully saturated rings. The normalized spacial score (nSPS) is 11.5. The lowest BCUT2D eigenvalue weighted by Gasteiger charge is -2.05. The van der Waals surface area contributed by atoms with Crippen molar-refractivity contribution in [2.24, 2.45) is 0 Å². The fourth-order valence-corrected chi connectivity index (χ4v) is 4.40. The Balaban J connectivity index is 1.57. The third-order valence-electron chi connectivity index (χ3n) is 3.47. The van der Waals surface area contributed by atoms with Crippen LogP contribution >= 0.6 is 11.3 Å². The van der Waals surface area contributed by atoms with E-state index in [2.05, 4.69) is 21.8 Å². The molecule has 1 heterocycles. The molecule has 0 aliphatic carbocycles. The van der Waals surface area contributed by atoms with Gasteiger partial charge in [0.1, 0.15) is 5.01 Å². The molecule has 2 aromatic carbocycles. The number of hydrogen-bond acceptors (Lipinski definition) is 4. The van der Waals surface area contributed by atoms with Crippen LogP contribution in [0, 0.1) is 0 Å². The van der Waals surface area contributed by atoms with Gasteiger partial charge in [0.25, 0.3) is 0 Å². The second kappa shape index (κ2) is 7.70. The maximum atomic E-state index is 12.1. The Morgan fingerprint density at radius 2 is 1.54 bits per heavy atom. The highest BCUT2D eigenvalue weighted by molar-refractivity contribution is 7.88. The van der Waals surface area contributed by atoms with E-state index in [0.29, 0.717) is 0 Å². The average molecular weight is 358 g/mol. The zero-order chi connectivity index (χ0) is 16.8. The molecule has 0 atom stereocenters. The van der Waals surface area contributed by atoms with E-state index in [1.54, 1.807) is 12.1 Å². The molecule has 1 N–H and O–H groups in total.